The molecule has 19 heavy (non-hydrogen) atoms. The van der Waals surface area contributed by atoms with E-state index in [1.807, 2.05) is 0 Å². The molecule has 2 heteroatoms. The van der Waals surface area contributed by atoms with Crippen molar-refractivity contribution in [2.75, 3.05) is 0 Å². The lowest BCUT2D eigenvalue weighted by molar-refractivity contribution is -0.0140. The fourth-order valence-corrected chi connectivity index (χ4v) is 4.83. The SMILES string of the molecule is CC1CC(CC2CC(C)C(O)C(C)C2)CC(C)C1O. The Bertz CT molecular complexity index is 239. The molecule has 2 rings (SSSR count). The van der Waals surface area contributed by atoms with Crippen LogP contribution in [0.15, 0.2) is 0 Å². The lowest BCUT2D eigenvalue weighted by atomic mass is 9.67. The van der Waals surface area contributed by atoms with Crippen LogP contribution in [-0.2, 0) is 0 Å². The third-order valence-corrected chi connectivity index (χ3v) is 5.82. The Morgan fingerprint density at radius 2 is 0.895 bits per heavy atom. The Labute approximate surface area is 118 Å². The zero-order valence-electron chi connectivity index (χ0n) is 13.0. The van der Waals surface area contributed by atoms with Crippen molar-refractivity contribution in [3.05, 3.63) is 0 Å². The lowest BCUT2D eigenvalue weighted by Gasteiger charge is -2.41. The van der Waals surface area contributed by atoms with Gasteiger partial charge < -0.3 is 10.2 Å². The van der Waals surface area contributed by atoms with E-state index < -0.39 is 0 Å². The third-order valence-electron chi connectivity index (χ3n) is 5.82. The summed E-state index contributed by atoms with van der Waals surface area (Å²) in [6.07, 6.45) is 5.87. The van der Waals surface area contributed by atoms with Gasteiger partial charge in [-0.1, -0.05) is 27.7 Å². The Morgan fingerprint density at radius 1 is 0.632 bits per heavy atom. The molecular formula is C17H32O2. The van der Waals surface area contributed by atoms with Gasteiger partial charge in [0.05, 0.1) is 12.2 Å². The van der Waals surface area contributed by atoms with E-state index in [0.717, 1.165) is 11.8 Å². The molecule has 0 aromatic heterocycles. The van der Waals surface area contributed by atoms with Crippen molar-refractivity contribution in [3.8, 4) is 0 Å². The van der Waals surface area contributed by atoms with Gasteiger partial charge in [0.15, 0.2) is 0 Å². The zero-order chi connectivity index (χ0) is 14.2. The fraction of sp³-hybridized carbons (Fsp3) is 1.00. The van der Waals surface area contributed by atoms with Crippen LogP contribution in [0.4, 0.5) is 0 Å². The first-order valence-corrected chi connectivity index (χ1v) is 8.24. The van der Waals surface area contributed by atoms with Crippen LogP contribution in [0, 0.1) is 35.5 Å². The molecule has 0 heterocycles. The maximum Gasteiger partial charge on any atom is 0.0591 e. The van der Waals surface area contributed by atoms with E-state index in [1.54, 1.807) is 0 Å². The number of hydrogen-bond acceptors (Lipinski definition) is 2. The van der Waals surface area contributed by atoms with Crippen molar-refractivity contribution in [3.63, 3.8) is 0 Å². The van der Waals surface area contributed by atoms with Crippen molar-refractivity contribution in [1.29, 1.82) is 0 Å². The predicted molar refractivity (Wildman–Crippen MR) is 78.7 cm³/mol. The average Bonchev–Trinajstić information content (AvgIpc) is 2.33. The van der Waals surface area contributed by atoms with Crippen LogP contribution in [0.2, 0.25) is 0 Å². The largest absolute Gasteiger partial charge is 0.393 e. The molecule has 2 aliphatic rings. The van der Waals surface area contributed by atoms with Gasteiger partial charge in [-0.15, -0.1) is 0 Å². The van der Waals surface area contributed by atoms with E-state index in [2.05, 4.69) is 27.7 Å². The Hall–Kier alpha value is -0.0800. The molecule has 4 unspecified atom stereocenters. The molecule has 0 radical (unpaired) electrons. The van der Waals surface area contributed by atoms with Crippen molar-refractivity contribution in [2.45, 2.75) is 72.0 Å². The van der Waals surface area contributed by atoms with Gasteiger partial charge in [0.1, 0.15) is 0 Å². The highest BCUT2D eigenvalue weighted by Gasteiger charge is 2.36. The van der Waals surface area contributed by atoms with Gasteiger partial charge in [-0.2, -0.15) is 0 Å². The fourth-order valence-electron chi connectivity index (χ4n) is 4.83. The molecule has 2 fully saturated rings. The number of rotatable bonds is 2. The molecule has 0 saturated heterocycles. The molecule has 0 bridgehead atoms. The highest BCUT2D eigenvalue weighted by Crippen LogP contribution is 2.42. The van der Waals surface area contributed by atoms with Gasteiger partial charge in [-0.05, 0) is 67.6 Å². The molecule has 0 amide bonds. The predicted octanol–water partition coefficient (Wildman–Crippen LogP) is 3.46. The second-order valence-corrected chi connectivity index (χ2v) is 7.80. The number of aliphatic hydroxyl groups is 2. The summed E-state index contributed by atoms with van der Waals surface area (Å²) >= 11 is 0. The second-order valence-electron chi connectivity index (χ2n) is 7.80. The molecule has 2 N–H and O–H groups in total. The van der Waals surface area contributed by atoms with Gasteiger partial charge in [-0.3, -0.25) is 0 Å². The van der Waals surface area contributed by atoms with E-state index in [0.29, 0.717) is 23.7 Å². The highest BCUT2D eigenvalue weighted by molar-refractivity contribution is 4.87. The summed E-state index contributed by atoms with van der Waals surface area (Å²) in [5.41, 5.74) is 0. The van der Waals surface area contributed by atoms with E-state index in [1.165, 1.54) is 32.1 Å². The Balaban J connectivity index is 1.88. The van der Waals surface area contributed by atoms with Gasteiger partial charge in [-0.25, -0.2) is 0 Å². The maximum atomic E-state index is 10.1. The van der Waals surface area contributed by atoms with Crippen molar-refractivity contribution >= 4 is 0 Å². The van der Waals surface area contributed by atoms with Crippen LogP contribution < -0.4 is 0 Å². The molecule has 0 aromatic rings. The van der Waals surface area contributed by atoms with Crippen LogP contribution in [-0.4, -0.2) is 22.4 Å². The molecule has 0 aromatic carbocycles. The van der Waals surface area contributed by atoms with Gasteiger partial charge in [0.25, 0.3) is 0 Å². The summed E-state index contributed by atoms with van der Waals surface area (Å²) in [5.74, 6) is 3.40. The van der Waals surface area contributed by atoms with E-state index in [4.69, 9.17) is 0 Å². The van der Waals surface area contributed by atoms with Crippen molar-refractivity contribution in [1.82, 2.24) is 0 Å². The summed E-state index contributed by atoms with van der Waals surface area (Å²) in [4.78, 5) is 0. The van der Waals surface area contributed by atoms with Crippen molar-refractivity contribution < 1.29 is 10.2 Å². The topological polar surface area (TPSA) is 40.5 Å². The normalized spacial score (nSPS) is 52.1. The second kappa shape index (κ2) is 6.13. The lowest BCUT2D eigenvalue weighted by Crippen LogP contribution is -2.37. The van der Waals surface area contributed by atoms with E-state index in [9.17, 15) is 10.2 Å². The molecule has 0 spiro atoms. The molecule has 112 valence electrons. The maximum absolute atomic E-state index is 10.1. The minimum Gasteiger partial charge on any atom is -0.393 e. The Kier molecular flexibility index (Phi) is 4.94. The van der Waals surface area contributed by atoms with Crippen LogP contribution >= 0.6 is 0 Å². The smallest absolute Gasteiger partial charge is 0.0591 e. The molecular weight excluding hydrogens is 236 g/mol. The van der Waals surface area contributed by atoms with Crippen LogP contribution in [0.5, 0.6) is 0 Å². The molecule has 2 nitrogen and oxygen atoms in total. The van der Waals surface area contributed by atoms with E-state index in [-0.39, 0.29) is 12.2 Å². The van der Waals surface area contributed by atoms with Gasteiger partial charge in [0, 0.05) is 0 Å². The standard InChI is InChI=1S/C17H32O2/c1-10-5-14(6-11(2)16(10)18)9-15-7-12(3)17(19)13(4)8-15/h10-19H,5-9H2,1-4H3. The minimum absolute atomic E-state index is 0.0951. The van der Waals surface area contributed by atoms with Crippen LogP contribution in [0.25, 0.3) is 0 Å². The molecule has 2 saturated carbocycles. The quantitative estimate of drug-likeness (QED) is 0.805. The number of aliphatic hydroxyl groups excluding tert-OH is 2. The van der Waals surface area contributed by atoms with Crippen LogP contribution in [0.1, 0.15) is 59.8 Å². The average molecular weight is 268 g/mol. The summed E-state index contributed by atoms with van der Waals surface area (Å²) in [6.45, 7) is 8.79. The number of hydrogen-bond donors (Lipinski definition) is 2. The van der Waals surface area contributed by atoms with Gasteiger partial charge >= 0.3 is 0 Å². The summed E-state index contributed by atoms with van der Waals surface area (Å²) in [6, 6.07) is 0. The summed E-state index contributed by atoms with van der Waals surface area (Å²) < 4.78 is 0. The van der Waals surface area contributed by atoms with Gasteiger partial charge in [0.2, 0.25) is 0 Å². The minimum atomic E-state index is -0.0951. The first-order valence-electron chi connectivity index (χ1n) is 8.24. The molecule has 2 aliphatic carbocycles. The highest BCUT2D eigenvalue weighted by atomic mass is 16.3. The monoisotopic (exact) mass is 268 g/mol. The molecule has 4 atom stereocenters. The summed E-state index contributed by atoms with van der Waals surface area (Å²) in [7, 11) is 0. The van der Waals surface area contributed by atoms with Crippen molar-refractivity contribution in [2.24, 2.45) is 35.5 Å². The zero-order valence-corrected chi connectivity index (χ0v) is 13.0. The Morgan fingerprint density at radius 3 is 1.16 bits per heavy atom. The molecule has 0 aliphatic heterocycles. The van der Waals surface area contributed by atoms with Crippen LogP contribution in [0.3, 0.4) is 0 Å². The summed E-state index contributed by atoms with van der Waals surface area (Å²) in [5, 5.41) is 20.1. The van der Waals surface area contributed by atoms with E-state index >= 15 is 0 Å². The first kappa shape index (κ1) is 15.3. The first-order chi connectivity index (χ1) is 8.88. The third kappa shape index (κ3) is 3.52.